The lowest BCUT2D eigenvalue weighted by Gasteiger charge is -2.10. The molecule has 0 saturated carbocycles. The van der Waals surface area contributed by atoms with E-state index in [1.54, 1.807) is 6.08 Å². The molecule has 2 aromatic rings. The van der Waals surface area contributed by atoms with Crippen molar-refractivity contribution in [2.45, 2.75) is 20.0 Å². The Bertz CT molecular complexity index is 746. The number of ether oxygens (including phenoxy) is 1. The topological polar surface area (TPSA) is 62.1 Å². The van der Waals surface area contributed by atoms with Crippen molar-refractivity contribution in [3.63, 3.8) is 0 Å². The third kappa shape index (κ3) is 4.99. The average Bonchev–Trinajstić information content (AvgIpc) is 2.64. The molecule has 0 fully saturated rings. The van der Waals surface area contributed by atoms with Crippen LogP contribution in [0, 0.1) is 11.3 Å². The molecular formula is C20H20N2O2. The second kappa shape index (κ2) is 9.16. The fraction of sp³-hybridized carbons (Fsp3) is 0.200. The summed E-state index contributed by atoms with van der Waals surface area (Å²) in [6.07, 6.45) is 2.38. The summed E-state index contributed by atoms with van der Waals surface area (Å²) >= 11 is 0. The van der Waals surface area contributed by atoms with Gasteiger partial charge in [-0.15, -0.1) is 0 Å². The van der Waals surface area contributed by atoms with Gasteiger partial charge in [0.1, 0.15) is 24.0 Å². The van der Waals surface area contributed by atoms with Gasteiger partial charge in [0.15, 0.2) is 0 Å². The molecule has 4 heteroatoms. The smallest absolute Gasteiger partial charge is 0.261 e. The minimum atomic E-state index is -0.364. The number of hydrogen-bond donors (Lipinski definition) is 1. The monoisotopic (exact) mass is 320 g/mol. The molecule has 0 aliphatic heterocycles. The number of nitriles is 1. The van der Waals surface area contributed by atoms with Gasteiger partial charge in [0.05, 0.1) is 0 Å². The number of hydrogen-bond acceptors (Lipinski definition) is 3. The first-order valence-corrected chi connectivity index (χ1v) is 7.90. The number of carbonyl (C=O) groups is 1. The average molecular weight is 320 g/mol. The van der Waals surface area contributed by atoms with Gasteiger partial charge in [0.25, 0.3) is 5.91 Å². The first-order valence-electron chi connectivity index (χ1n) is 7.90. The highest BCUT2D eigenvalue weighted by molar-refractivity contribution is 6.01. The summed E-state index contributed by atoms with van der Waals surface area (Å²) in [5.74, 6) is 0.273. The van der Waals surface area contributed by atoms with Crippen LogP contribution in [0.2, 0.25) is 0 Å². The van der Waals surface area contributed by atoms with Gasteiger partial charge in [-0.05, 0) is 24.1 Å². The van der Waals surface area contributed by atoms with E-state index < -0.39 is 0 Å². The second-order valence-corrected chi connectivity index (χ2v) is 5.24. The van der Waals surface area contributed by atoms with Gasteiger partial charge in [0, 0.05) is 12.1 Å². The molecule has 2 aromatic carbocycles. The number of nitrogens with one attached hydrogen (secondary N) is 1. The fourth-order valence-electron chi connectivity index (χ4n) is 2.10. The second-order valence-electron chi connectivity index (χ2n) is 5.24. The molecule has 0 radical (unpaired) electrons. The zero-order valence-electron chi connectivity index (χ0n) is 13.7. The highest BCUT2D eigenvalue weighted by atomic mass is 16.5. The predicted octanol–water partition coefficient (Wildman–Crippen LogP) is 3.70. The molecule has 0 spiro atoms. The Morgan fingerprint density at radius 1 is 1.17 bits per heavy atom. The van der Waals surface area contributed by atoms with Crippen molar-refractivity contribution in [1.29, 1.82) is 5.26 Å². The van der Waals surface area contributed by atoms with Crippen LogP contribution in [-0.4, -0.2) is 12.5 Å². The van der Waals surface area contributed by atoms with E-state index in [-0.39, 0.29) is 11.5 Å². The highest BCUT2D eigenvalue weighted by Gasteiger charge is 2.10. The fourth-order valence-corrected chi connectivity index (χ4v) is 2.10. The van der Waals surface area contributed by atoms with Crippen LogP contribution in [0.3, 0.4) is 0 Å². The van der Waals surface area contributed by atoms with Gasteiger partial charge < -0.3 is 10.1 Å². The molecule has 0 atom stereocenters. The lowest BCUT2D eigenvalue weighted by molar-refractivity contribution is -0.117. The number of benzene rings is 2. The predicted molar refractivity (Wildman–Crippen MR) is 94.1 cm³/mol. The molecule has 0 aliphatic rings. The normalized spacial score (nSPS) is 10.8. The lowest BCUT2D eigenvalue weighted by atomic mass is 10.1. The van der Waals surface area contributed by atoms with Crippen molar-refractivity contribution < 1.29 is 9.53 Å². The molecule has 0 aliphatic carbocycles. The number of amides is 1. The Morgan fingerprint density at radius 3 is 2.58 bits per heavy atom. The van der Waals surface area contributed by atoms with Gasteiger partial charge in [-0.2, -0.15) is 5.26 Å². The Balaban J connectivity index is 2.16. The van der Waals surface area contributed by atoms with Crippen LogP contribution < -0.4 is 10.1 Å². The van der Waals surface area contributed by atoms with Crippen LogP contribution in [0.1, 0.15) is 24.5 Å². The maximum atomic E-state index is 12.0. The summed E-state index contributed by atoms with van der Waals surface area (Å²) in [6, 6.07) is 19.1. The van der Waals surface area contributed by atoms with Crippen LogP contribution in [-0.2, 0) is 11.4 Å². The molecule has 1 amide bonds. The summed E-state index contributed by atoms with van der Waals surface area (Å²) in [7, 11) is 0. The molecule has 0 bridgehead atoms. The van der Waals surface area contributed by atoms with E-state index in [1.165, 1.54) is 0 Å². The van der Waals surface area contributed by atoms with Crippen LogP contribution in [0.25, 0.3) is 6.08 Å². The first-order chi connectivity index (χ1) is 11.7. The number of carbonyl (C=O) groups excluding carboxylic acids is 1. The zero-order valence-corrected chi connectivity index (χ0v) is 13.7. The van der Waals surface area contributed by atoms with Gasteiger partial charge in [-0.1, -0.05) is 55.5 Å². The SMILES string of the molecule is CCCNC(=O)/C(C#N)=C/c1ccccc1OCc1ccccc1. The molecule has 2 rings (SSSR count). The highest BCUT2D eigenvalue weighted by Crippen LogP contribution is 2.22. The molecule has 24 heavy (non-hydrogen) atoms. The van der Waals surface area contributed by atoms with E-state index in [0.717, 1.165) is 12.0 Å². The molecular weight excluding hydrogens is 300 g/mol. The molecule has 0 unspecified atom stereocenters. The molecule has 4 nitrogen and oxygen atoms in total. The minimum absolute atomic E-state index is 0.0687. The Hall–Kier alpha value is -3.06. The summed E-state index contributed by atoms with van der Waals surface area (Å²) in [4.78, 5) is 12.0. The summed E-state index contributed by atoms with van der Waals surface area (Å²) in [6.45, 7) is 2.93. The minimum Gasteiger partial charge on any atom is -0.488 e. The number of para-hydroxylation sites is 1. The van der Waals surface area contributed by atoms with E-state index in [0.29, 0.717) is 24.5 Å². The van der Waals surface area contributed by atoms with Crippen LogP contribution in [0.4, 0.5) is 0 Å². The standard InChI is InChI=1S/C20H20N2O2/c1-2-12-22-20(23)18(14-21)13-17-10-6-7-11-19(17)24-15-16-8-4-3-5-9-16/h3-11,13H,2,12,15H2,1H3,(H,22,23)/b18-13+. The van der Waals surface area contributed by atoms with Gasteiger partial charge in [0.2, 0.25) is 0 Å². The maximum Gasteiger partial charge on any atom is 0.261 e. The van der Waals surface area contributed by atoms with E-state index in [2.05, 4.69) is 5.32 Å². The molecule has 1 N–H and O–H groups in total. The third-order valence-corrected chi connectivity index (χ3v) is 3.36. The van der Waals surface area contributed by atoms with Crippen molar-refractivity contribution in [3.05, 3.63) is 71.3 Å². The summed E-state index contributed by atoms with van der Waals surface area (Å²) < 4.78 is 5.84. The van der Waals surface area contributed by atoms with Crippen molar-refractivity contribution in [3.8, 4) is 11.8 Å². The maximum absolute atomic E-state index is 12.0. The van der Waals surface area contributed by atoms with E-state index >= 15 is 0 Å². The molecule has 0 heterocycles. The summed E-state index contributed by atoms with van der Waals surface area (Å²) in [5, 5.41) is 11.9. The quantitative estimate of drug-likeness (QED) is 0.625. The first kappa shape index (κ1) is 17.3. The third-order valence-electron chi connectivity index (χ3n) is 3.36. The largest absolute Gasteiger partial charge is 0.488 e. The zero-order chi connectivity index (χ0) is 17.2. The van der Waals surface area contributed by atoms with Gasteiger partial charge in [-0.3, -0.25) is 4.79 Å². The van der Waals surface area contributed by atoms with Crippen LogP contribution >= 0.6 is 0 Å². The van der Waals surface area contributed by atoms with Crippen LogP contribution in [0.5, 0.6) is 5.75 Å². The van der Waals surface area contributed by atoms with Gasteiger partial charge >= 0.3 is 0 Å². The van der Waals surface area contributed by atoms with Crippen molar-refractivity contribution in [1.82, 2.24) is 5.32 Å². The number of rotatable bonds is 7. The molecule has 0 aromatic heterocycles. The van der Waals surface area contributed by atoms with Crippen LogP contribution in [0.15, 0.2) is 60.2 Å². The van der Waals surface area contributed by atoms with Gasteiger partial charge in [-0.25, -0.2) is 0 Å². The van der Waals surface area contributed by atoms with E-state index in [1.807, 2.05) is 67.6 Å². The van der Waals surface area contributed by atoms with Crippen molar-refractivity contribution in [2.75, 3.05) is 6.54 Å². The Kier molecular flexibility index (Phi) is 6.60. The van der Waals surface area contributed by atoms with E-state index in [9.17, 15) is 10.1 Å². The Labute approximate surface area is 142 Å². The number of nitrogens with zero attached hydrogens (tertiary/aromatic N) is 1. The summed E-state index contributed by atoms with van der Waals surface area (Å²) in [5.41, 5.74) is 1.83. The lowest BCUT2D eigenvalue weighted by Crippen LogP contribution is -2.25. The van der Waals surface area contributed by atoms with Crippen molar-refractivity contribution in [2.24, 2.45) is 0 Å². The molecule has 122 valence electrons. The van der Waals surface area contributed by atoms with E-state index in [4.69, 9.17) is 4.74 Å². The van der Waals surface area contributed by atoms with Crippen molar-refractivity contribution >= 4 is 12.0 Å². The molecule has 0 saturated heterocycles. The Morgan fingerprint density at radius 2 is 1.88 bits per heavy atom.